The number of halogens is 5. The number of benzene rings is 3. The normalized spacial score (nSPS) is 12.4. The second-order valence-corrected chi connectivity index (χ2v) is 6.94. The summed E-state index contributed by atoms with van der Waals surface area (Å²) in [5, 5.41) is 5.52. The van der Waals surface area contributed by atoms with Gasteiger partial charge in [0.1, 0.15) is 11.9 Å². The Bertz CT molecular complexity index is 1010. The first-order valence-corrected chi connectivity index (χ1v) is 9.32. The molecule has 156 valence electrons. The summed E-state index contributed by atoms with van der Waals surface area (Å²) in [7, 11) is 0. The first kappa shape index (κ1) is 21.8. The van der Waals surface area contributed by atoms with Crippen molar-refractivity contribution in [3.63, 3.8) is 0 Å². The largest absolute Gasteiger partial charge is 0.416 e. The van der Waals surface area contributed by atoms with E-state index in [0.29, 0.717) is 5.56 Å². The highest BCUT2D eigenvalue weighted by Crippen LogP contribution is 2.34. The Morgan fingerprint density at radius 1 is 0.967 bits per heavy atom. The van der Waals surface area contributed by atoms with Gasteiger partial charge < -0.3 is 5.32 Å². The highest BCUT2D eigenvalue weighted by Gasteiger charge is 2.31. The summed E-state index contributed by atoms with van der Waals surface area (Å²) < 4.78 is 52.1. The molecule has 8 heteroatoms. The minimum Gasteiger partial charge on any atom is -0.323 e. The lowest BCUT2D eigenvalue weighted by Gasteiger charge is -2.20. The Hall–Kier alpha value is -2.90. The van der Waals surface area contributed by atoms with Crippen molar-refractivity contribution in [2.75, 3.05) is 5.32 Å². The highest BCUT2D eigenvalue weighted by atomic mass is 35.5. The van der Waals surface area contributed by atoms with Crippen LogP contribution in [0.4, 0.5) is 23.2 Å². The van der Waals surface area contributed by atoms with E-state index >= 15 is 0 Å². The predicted octanol–water partition coefficient (Wildman–Crippen LogP) is 5.97. The van der Waals surface area contributed by atoms with Crippen molar-refractivity contribution >= 4 is 23.2 Å². The van der Waals surface area contributed by atoms with E-state index in [4.69, 9.17) is 11.6 Å². The number of anilines is 1. The average Bonchev–Trinajstić information content (AvgIpc) is 2.71. The fourth-order valence-corrected chi connectivity index (χ4v) is 3.00. The van der Waals surface area contributed by atoms with E-state index < -0.39 is 23.7 Å². The fraction of sp³-hybridized carbons (Fsp3) is 0.136. The molecule has 0 unspecified atom stereocenters. The number of carbonyl (C=O) groups excluding carboxylic acids is 1. The molecular weight excluding hydrogens is 420 g/mol. The molecule has 0 aliphatic heterocycles. The van der Waals surface area contributed by atoms with Crippen LogP contribution in [0.3, 0.4) is 0 Å². The SMILES string of the molecule is O=C(Nc1cc(C(F)(F)F)ccc1Cl)[C@H](NCc1ccc(F)cc1)c1ccccc1. The zero-order chi connectivity index (χ0) is 21.7. The van der Waals surface area contributed by atoms with Crippen LogP contribution in [0, 0.1) is 5.82 Å². The Balaban J connectivity index is 1.83. The maximum Gasteiger partial charge on any atom is 0.416 e. The van der Waals surface area contributed by atoms with Gasteiger partial charge in [-0.15, -0.1) is 0 Å². The Kier molecular flexibility index (Phi) is 6.74. The summed E-state index contributed by atoms with van der Waals surface area (Å²) in [6.45, 7) is 0.240. The van der Waals surface area contributed by atoms with Gasteiger partial charge in [-0.2, -0.15) is 13.2 Å². The molecule has 0 saturated heterocycles. The maximum absolute atomic E-state index is 13.1. The summed E-state index contributed by atoms with van der Waals surface area (Å²) >= 11 is 5.99. The minimum absolute atomic E-state index is 0.0123. The van der Waals surface area contributed by atoms with Gasteiger partial charge in [-0.05, 0) is 41.5 Å². The first-order chi connectivity index (χ1) is 14.2. The summed E-state index contributed by atoms with van der Waals surface area (Å²) in [5.74, 6) is -0.958. The smallest absolute Gasteiger partial charge is 0.323 e. The van der Waals surface area contributed by atoms with Crippen molar-refractivity contribution in [3.8, 4) is 0 Å². The summed E-state index contributed by atoms with van der Waals surface area (Å²) in [4.78, 5) is 12.9. The van der Waals surface area contributed by atoms with Crippen molar-refractivity contribution in [1.29, 1.82) is 0 Å². The zero-order valence-electron chi connectivity index (χ0n) is 15.5. The van der Waals surface area contributed by atoms with Crippen LogP contribution >= 0.6 is 11.6 Å². The number of amides is 1. The van der Waals surface area contributed by atoms with E-state index in [1.54, 1.807) is 42.5 Å². The number of rotatable bonds is 6. The van der Waals surface area contributed by atoms with E-state index in [9.17, 15) is 22.4 Å². The first-order valence-electron chi connectivity index (χ1n) is 8.94. The van der Waals surface area contributed by atoms with Gasteiger partial charge in [-0.1, -0.05) is 54.1 Å². The van der Waals surface area contributed by atoms with Gasteiger partial charge in [0.2, 0.25) is 5.91 Å². The Morgan fingerprint density at radius 2 is 1.63 bits per heavy atom. The van der Waals surface area contributed by atoms with Gasteiger partial charge >= 0.3 is 6.18 Å². The number of nitrogens with one attached hydrogen (secondary N) is 2. The van der Waals surface area contributed by atoms with Crippen LogP contribution in [0.2, 0.25) is 5.02 Å². The molecule has 3 aromatic carbocycles. The van der Waals surface area contributed by atoms with Crippen LogP contribution in [-0.2, 0) is 17.5 Å². The third kappa shape index (κ3) is 5.58. The monoisotopic (exact) mass is 436 g/mol. The number of carbonyl (C=O) groups is 1. The molecule has 1 amide bonds. The molecule has 0 heterocycles. The maximum atomic E-state index is 13.1. The average molecular weight is 437 g/mol. The standard InChI is InChI=1S/C22H17ClF4N2O/c23-18-11-8-16(22(25,26)27)12-19(18)29-21(30)20(15-4-2-1-3-5-15)28-13-14-6-9-17(24)10-7-14/h1-12,20,28H,13H2,(H,29,30)/t20-/m1/s1. The number of alkyl halides is 3. The highest BCUT2D eigenvalue weighted by molar-refractivity contribution is 6.33. The molecule has 3 rings (SSSR count). The molecule has 0 aliphatic rings. The van der Waals surface area contributed by atoms with Crippen LogP contribution in [0.1, 0.15) is 22.7 Å². The lowest BCUT2D eigenvalue weighted by molar-refractivity contribution is -0.137. The van der Waals surface area contributed by atoms with Crippen LogP contribution in [0.25, 0.3) is 0 Å². The molecule has 0 saturated carbocycles. The van der Waals surface area contributed by atoms with Crippen molar-refractivity contribution in [1.82, 2.24) is 5.32 Å². The minimum atomic E-state index is -4.57. The predicted molar refractivity (Wildman–Crippen MR) is 108 cm³/mol. The summed E-state index contributed by atoms with van der Waals surface area (Å²) in [6.07, 6.45) is -4.57. The van der Waals surface area contributed by atoms with Gasteiger partial charge in [0.25, 0.3) is 0 Å². The van der Waals surface area contributed by atoms with Crippen LogP contribution in [0.15, 0.2) is 72.8 Å². The van der Waals surface area contributed by atoms with Crippen LogP contribution in [0.5, 0.6) is 0 Å². The third-order valence-corrected chi connectivity index (χ3v) is 4.70. The molecule has 0 fully saturated rings. The number of hydrogen-bond acceptors (Lipinski definition) is 2. The van der Waals surface area contributed by atoms with E-state index in [2.05, 4.69) is 10.6 Å². The second kappa shape index (κ2) is 9.28. The molecule has 3 aromatic rings. The van der Waals surface area contributed by atoms with E-state index in [0.717, 1.165) is 23.8 Å². The topological polar surface area (TPSA) is 41.1 Å². The summed E-state index contributed by atoms with van der Waals surface area (Å²) in [6, 6.07) is 16.3. The quantitative estimate of drug-likeness (QED) is 0.467. The molecule has 2 N–H and O–H groups in total. The molecule has 1 atom stereocenters. The van der Waals surface area contributed by atoms with Gasteiger partial charge in [0.15, 0.2) is 0 Å². The molecule has 0 spiro atoms. The van der Waals surface area contributed by atoms with Gasteiger partial charge in [-0.3, -0.25) is 10.1 Å². The van der Waals surface area contributed by atoms with Crippen molar-refractivity contribution in [2.24, 2.45) is 0 Å². The number of hydrogen-bond donors (Lipinski definition) is 2. The molecule has 30 heavy (non-hydrogen) atoms. The Labute approximate surface area is 175 Å². The van der Waals surface area contributed by atoms with Crippen LogP contribution < -0.4 is 10.6 Å². The molecule has 0 bridgehead atoms. The molecule has 3 nitrogen and oxygen atoms in total. The van der Waals surface area contributed by atoms with Gasteiger partial charge in [0, 0.05) is 6.54 Å². The third-order valence-electron chi connectivity index (χ3n) is 4.37. The van der Waals surface area contributed by atoms with Gasteiger partial charge in [0.05, 0.1) is 16.3 Å². The second-order valence-electron chi connectivity index (χ2n) is 6.53. The molecule has 0 aliphatic carbocycles. The van der Waals surface area contributed by atoms with Crippen molar-refractivity contribution in [2.45, 2.75) is 18.8 Å². The lowest BCUT2D eigenvalue weighted by atomic mass is 10.1. The Morgan fingerprint density at radius 3 is 2.27 bits per heavy atom. The van der Waals surface area contributed by atoms with E-state index in [-0.39, 0.29) is 23.1 Å². The fourth-order valence-electron chi connectivity index (χ4n) is 2.83. The zero-order valence-corrected chi connectivity index (χ0v) is 16.3. The van der Waals surface area contributed by atoms with Gasteiger partial charge in [-0.25, -0.2) is 4.39 Å². The molecular formula is C22H17ClF4N2O. The summed E-state index contributed by atoms with van der Waals surface area (Å²) in [5.41, 5.74) is 0.293. The van der Waals surface area contributed by atoms with E-state index in [1.165, 1.54) is 12.1 Å². The van der Waals surface area contributed by atoms with Crippen LogP contribution in [-0.4, -0.2) is 5.91 Å². The van der Waals surface area contributed by atoms with Crippen molar-refractivity contribution in [3.05, 3.63) is 100 Å². The van der Waals surface area contributed by atoms with Crippen molar-refractivity contribution < 1.29 is 22.4 Å². The van der Waals surface area contributed by atoms with E-state index in [1.807, 2.05) is 0 Å². The molecule has 0 radical (unpaired) electrons. The lowest BCUT2D eigenvalue weighted by Crippen LogP contribution is -2.33. The molecule has 0 aromatic heterocycles.